The molecule has 1 fully saturated rings. The van der Waals surface area contributed by atoms with Crippen molar-refractivity contribution in [2.24, 2.45) is 0 Å². The summed E-state index contributed by atoms with van der Waals surface area (Å²) in [6, 6.07) is 59.4. The van der Waals surface area contributed by atoms with Crippen molar-refractivity contribution < 1.29 is 4.11 Å². The lowest BCUT2D eigenvalue weighted by atomic mass is 9.35. The highest BCUT2D eigenvalue weighted by molar-refractivity contribution is 7.33. The zero-order valence-electron chi connectivity index (χ0n) is 54.3. The molecular weight excluding hydrogens is 1020 g/mol. The molecule has 0 spiro atoms. The van der Waals surface area contributed by atoms with Crippen LogP contribution in [0.5, 0.6) is 0 Å². The third-order valence-electron chi connectivity index (χ3n) is 21.7. The number of fused-ring (bicyclic) bond motifs is 13. The van der Waals surface area contributed by atoms with Gasteiger partial charge in [-0.3, -0.25) is 0 Å². The van der Waals surface area contributed by atoms with E-state index in [0.29, 0.717) is 11.3 Å². The molecule has 2 unspecified atom stereocenters. The number of thiophene rings is 1. The lowest BCUT2D eigenvalue weighted by molar-refractivity contribution is 0.332. The lowest BCUT2D eigenvalue weighted by Gasteiger charge is -2.48. The number of benzene rings is 8. The smallest absolute Gasteiger partial charge is 0.264 e. The van der Waals surface area contributed by atoms with Gasteiger partial charge in [0.25, 0.3) is 6.71 Å². The molecule has 0 amide bonds. The first-order valence-corrected chi connectivity index (χ1v) is 31.8. The molecule has 3 heterocycles. The minimum Gasteiger partial charge on any atom is -0.311 e. The van der Waals surface area contributed by atoms with Crippen LogP contribution in [-0.4, -0.2) is 6.71 Å². The lowest BCUT2D eigenvalue weighted by Crippen LogP contribution is -2.61. The molecule has 8 aromatic carbocycles. The molecule has 418 valence electrons. The standard InChI is InChI=1S/C78H82BN3S/c1-48-23-21-22-28-61(48)80(51-26-19-16-20-27-51)53-41-64-69-65(42-53)82(62-34-33-55-68(67(62)49-24-17-15-18-25-49)76(11,12)38-37-73(55,5)6)63-45-57-56(74(7,8)35-36-75(57,9)10)44-60(63)79(69)71-70(81(64)52-31-29-50(30-32-52)72(2,3)4)54-43-58-59(46-66(54)83-71)78(14)40-39-77(58,13)47-78/h15-34,41-46H,35-40,47H2,1-14H3/i1D3. The summed E-state index contributed by atoms with van der Waals surface area (Å²) < 4.78 is 30.2. The Balaban J connectivity index is 1.15. The Bertz CT molecular complexity index is 4300. The van der Waals surface area contributed by atoms with Crippen LogP contribution in [0.3, 0.4) is 0 Å². The summed E-state index contributed by atoms with van der Waals surface area (Å²) in [5.41, 5.74) is 24.9. The largest absolute Gasteiger partial charge is 0.311 e. The molecule has 83 heavy (non-hydrogen) atoms. The van der Waals surface area contributed by atoms with Gasteiger partial charge in [0.15, 0.2) is 0 Å². The van der Waals surface area contributed by atoms with Crippen LogP contribution in [-0.2, 0) is 37.9 Å². The van der Waals surface area contributed by atoms with E-state index in [2.05, 4.69) is 238 Å². The number of anilines is 9. The zero-order chi connectivity index (χ0) is 60.2. The molecule has 2 aliphatic heterocycles. The van der Waals surface area contributed by atoms with Crippen LogP contribution in [0.4, 0.5) is 51.2 Å². The average molecular weight is 1110 g/mol. The van der Waals surface area contributed by atoms with E-state index in [9.17, 15) is 0 Å². The number of nitrogens with zero attached hydrogens (tertiary/aromatic N) is 3. The van der Waals surface area contributed by atoms with Gasteiger partial charge in [0, 0.05) is 58.7 Å². The second-order valence-electron chi connectivity index (χ2n) is 30.2. The van der Waals surface area contributed by atoms with Crippen molar-refractivity contribution in [1.82, 2.24) is 0 Å². The SMILES string of the molecule is [2H]C([2H])([2H])c1ccccc1N(c1ccccc1)c1cc2c3c(c1)N(c1ccc(C(C)(C)C)cc1)c1c(sc4cc5c(cc14)C1(C)CCC5(C)C1)B3c1cc3c(cc1N2c1ccc2c(c1-c1ccccc1)C(C)(C)CCC2(C)C)C(C)(C)CCC3(C)C. The van der Waals surface area contributed by atoms with Crippen LogP contribution in [0, 0.1) is 6.85 Å². The fourth-order valence-electron chi connectivity index (χ4n) is 16.9. The van der Waals surface area contributed by atoms with Gasteiger partial charge >= 0.3 is 0 Å². The van der Waals surface area contributed by atoms with Crippen molar-refractivity contribution in [2.75, 3.05) is 14.7 Å². The van der Waals surface area contributed by atoms with Crippen molar-refractivity contribution in [3.05, 3.63) is 202 Å². The molecule has 5 heteroatoms. The number of aryl methyl sites for hydroxylation is 1. The van der Waals surface area contributed by atoms with Gasteiger partial charge in [-0.1, -0.05) is 181 Å². The predicted molar refractivity (Wildman–Crippen MR) is 359 cm³/mol. The van der Waals surface area contributed by atoms with E-state index >= 15 is 0 Å². The fraction of sp³-hybridized carbons (Fsp3) is 0.359. The van der Waals surface area contributed by atoms with Gasteiger partial charge in [-0.15, -0.1) is 11.3 Å². The minimum atomic E-state index is -2.39. The van der Waals surface area contributed by atoms with Crippen LogP contribution < -0.4 is 30.4 Å². The van der Waals surface area contributed by atoms with Gasteiger partial charge in [-0.05, 0) is 217 Å². The van der Waals surface area contributed by atoms with E-state index in [0.717, 1.165) is 54.1 Å². The van der Waals surface area contributed by atoms with Gasteiger partial charge in [-0.2, -0.15) is 0 Å². The third kappa shape index (κ3) is 7.73. The molecule has 1 aromatic heterocycles. The number of hydrogen-bond donors (Lipinski definition) is 0. The molecule has 15 rings (SSSR count). The Morgan fingerprint density at radius 3 is 1.77 bits per heavy atom. The molecule has 3 nitrogen and oxygen atoms in total. The van der Waals surface area contributed by atoms with Crippen molar-refractivity contribution in [1.29, 1.82) is 0 Å². The molecule has 0 radical (unpaired) electrons. The number of hydrogen-bond acceptors (Lipinski definition) is 4. The Morgan fingerprint density at radius 1 is 0.518 bits per heavy atom. The summed E-state index contributed by atoms with van der Waals surface area (Å²) in [5, 5.41) is 1.32. The predicted octanol–water partition coefficient (Wildman–Crippen LogP) is 20.1. The van der Waals surface area contributed by atoms with E-state index in [4.69, 9.17) is 4.11 Å². The summed E-state index contributed by atoms with van der Waals surface area (Å²) >= 11 is 2.03. The quantitative estimate of drug-likeness (QED) is 0.154. The van der Waals surface area contributed by atoms with Crippen LogP contribution in [0.25, 0.3) is 21.2 Å². The van der Waals surface area contributed by atoms with Crippen LogP contribution >= 0.6 is 11.3 Å². The summed E-state index contributed by atoms with van der Waals surface area (Å²) in [6.45, 7) is 29.3. The van der Waals surface area contributed by atoms with E-state index in [-0.39, 0.29) is 44.6 Å². The summed E-state index contributed by atoms with van der Waals surface area (Å²) in [6.07, 6.45) is 8.03. The molecule has 2 atom stereocenters. The zero-order valence-corrected chi connectivity index (χ0v) is 52.1. The van der Waals surface area contributed by atoms with Gasteiger partial charge in [-0.25, -0.2) is 0 Å². The Hall–Kier alpha value is -6.82. The van der Waals surface area contributed by atoms with Crippen molar-refractivity contribution in [2.45, 2.75) is 180 Å². The van der Waals surface area contributed by atoms with E-state index in [1.807, 2.05) is 29.5 Å². The maximum absolute atomic E-state index is 9.15. The van der Waals surface area contributed by atoms with E-state index < -0.39 is 6.85 Å². The maximum Gasteiger partial charge on any atom is 0.264 e. The van der Waals surface area contributed by atoms with Crippen molar-refractivity contribution >= 4 is 95.0 Å². The average Bonchev–Trinajstić information content (AvgIpc) is 1.26. The van der Waals surface area contributed by atoms with Crippen LogP contribution in [0.1, 0.15) is 184 Å². The second kappa shape index (κ2) is 17.6. The molecule has 4 aliphatic carbocycles. The highest BCUT2D eigenvalue weighted by Gasteiger charge is 2.55. The van der Waals surface area contributed by atoms with Gasteiger partial charge in [0.05, 0.1) is 17.1 Å². The van der Waals surface area contributed by atoms with Gasteiger partial charge in [0.1, 0.15) is 0 Å². The summed E-state index contributed by atoms with van der Waals surface area (Å²) in [4.78, 5) is 7.59. The monoisotopic (exact) mass is 1110 g/mol. The highest BCUT2D eigenvalue weighted by atomic mass is 32.1. The highest BCUT2D eigenvalue weighted by Crippen LogP contribution is 2.63. The van der Waals surface area contributed by atoms with Gasteiger partial charge in [0.2, 0.25) is 0 Å². The maximum atomic E-state index is 9.15. The molecule has 1 saturated carbocycles. The molecule has 0 saturated heterocycles. The Morgan fingerprint density at radius 2 is 1.11 bits per heavy atom. The molecule has 6 aliphatic rings. The van der Waals surface area contributed by atoms with Crippen LogP contribution in [0.2, 0.25) is 0 Å². The van der Waals surface area contributed by atoms with E-state index in [1.54, 1.807) is 11.6 Å². The first kappa shape index (κ1) is 49.6. The van der Waals surface area contributed by atoms with Gasteiger partial charge < -0.3 is 14.7 Å². The molecular formula is C78H82BN3S. The topological polar surface area (TPSA) is 9.72 Å². The third-order valence-corrected chi connectivity index (χ3v) is 23.0. The summed E-state index contributed by atoms with van der Waals surface area (Å²) in [5.74, 6) is 0. The number of para-hydroxylation sites is 2. The van der Waals surface area contributed by atoms with Crippen molar-refractivity contribution in [3.8, 4) is 11.1 Å². The minimum absolute atomic E-state index is 0.0346. The first-order chi connectivity index (χ1) is 40.6. The number of rotatable bonds is 6. The van der Waals surface area contributed by atoms with Crippen LogP contribution in [0.15, 0.2) is 158 Å². The Kier molecular flexibility index (Phi) is 10.5. The molecule has 0 N–H and O–H groups in total. The normalized spacial score (nSPS) is 22.4. The first-order valence-electron chi connectivity index (χ1n) is 32.5. The second-order valence-corrected chi connectivity index (χ2v) is 31.3. The fourth-order valence-corrected chi connectivity index (χ4v) is 18.2. The Labute approximate surface area is 504 Å². The van der Waals surface area contributed by atoms with Crippen molar-refractivity contribution in [3.63, 3.8) is 0 Å². The molecule has 9 aromatic rings. The van der Waals surface area contributed by atoms with E-state index in [1.165, 1.54) is 107 Å². The summed E-state index contributed by atoms with van der Waals surface area (Å²) in [7, 11) is 0. The molecule has 2 bridgehead atoms.